The van der Waals surface area contributed by atoms with Crippen molar-refractivity contribution in [1.82, 2.24) is 0 Å². The second kappa shape index (κ2) is 2.73. The summed E-state index contributed by atoms with van der Waals surface area (Å²) in [6.45, 7) is 5.23. The molecule has 0 spiro atoms. The predicted molar refractivity (Wildman–Crippen MR) is 50.3 cm³/mol. The van der Waals surface area contributed by atoms with Crippen molar-refractivity contribution in [2.45, 2.75) is 20.8 Å². The predicted octanol–water partition coefficient (Wildman–Crippen LogP) is 1.73. The van der Waals surface area contributed by atoms with Crippen LogP contribution in [0.5, 0.6) is 0 Å². The molecule has 1 saturated carbocycles. The molecule has 0 saturated heterocycles. The van der Waals surface area contributed by atoms with E-state index in [1.165, 1.54) is 0 Å². The molecule has 0 radical (unpaired) electrons. The quantitative estimate of drug-likeness (QED) is 0.592. The van der Waals surface area contributed by atoms with E-state index in [1.54, 1.807) is 20.8 Å². The van der Waals surface area contributed by atoms with Crippen molar-refractivity contribution in [2.75, 3.05) is 0 Å². The minimum Gasteiger partial charge on any atom is -0.196 e. The molecule has 0 bridgehead atoms. The third kappa shape index (κ3) is 0.743. The summed E-state index contributed by atoms with van der Waals surface area (Å²) in [7, 11) is 0. The minimum atomic E-state index is -1.52. The zero-order valence-electron chi connectivity index (χ0n) is 8.87. The van der Waals surface area contributed by atoms with Crippen LogP contribution in [-0.4, -0.2) is 0 Å². The number of hydrogen-bond donors (Lipinski definition) is 0. The summed E-state index contributed by atoms with van der Waals surface area (Å²) in [6, 6.07) is 7.46. The molecule has 15 heavy (non-hydrogen) atoms. The molecule has 0 amide bonds. The Labute approximate surface area is 89.0 Å². The summed E-state index contributed by atoms with van der Waals surface area (Å²) in [6.07, 6.45) is 0. The van der Waals surface area contributed by atoms with Crippen molar-refractivity contribution in [3.63, 3.8) is 0 Å². The summed E-state index contributed by atoms with van der Waals surface area (Å²) in [4.78, 5) is 0. The highest BCUT2D eigenvalue weighted by molar-refractivity contribution is 5.46. The Kier molecular flexibility index (Phi) is 2.01. The second-order valence-electron chi connectivity index (χ2n) is 4.45. The molecule has 0 N–H and O–H groups in total. The number of nitrogens with zero attached hydrogens (tertiary/aromatic N) is 4. The van der Waals surface area contributed by atoms with E-state index in [0.717, 1.165) is 0 Å². The topological polar surface area (TPSA) is 95.2 Å². The van der Waals surface area contributed by atoms with Crippen LogP contribution < -0.4 is 0 Å². The Hall–Kier alpha value is -2.04. The van der Waals surface area contributed by atoms with Gasteiger partial charge in [0.25, 0.3) is 0 Å². The lowest BCUT2D eigenvalue weighted by Crippen LogP contribution is -2.67. The molecule has 4 nitrogen and oxygen atoms in total. The lowest BCUT2D eigenvalue weighted by molar-refractivity contribution is -0.120. The van der Waals surface area contributed by atoms with Gasteiger partial charge in [0.1, 0.15) is 0 Å². The number of nitriles is 4. The van der Waals surface area contributed by atoms with Gasteiger partial charge in [-0.15, -0.1) is 0 Å². The molecule has 1 unspecified atom stereocenters. The second-order valence-corrected chi connectivity index (χ2v) is 4.45. The molecule has 0 aromatic rings. The fourth-order valence-corrected chi connectivity index (χ4v) is 2.50. The third-order valence-corrected chi connectivity index (χ3v) is 3.98. The first kappa shape index (κ1) is 11.0. The maximum absolute atomic E-state index is 9.11. The van der Waals surface area contributed by atoms with Crippen LogP contribution in [0, 0.1) is 67.5 Å². The van der Waals surface area contributed by atoms with Gasteiger partial charge in [-0.05, 0) is 5.92 Å². The van der Waals surface area contributed by atoms with Crippen LogP contribution in [-0.2, 0) is 0 Å². The van der Waals surface area contributed by atoms with Gasteiger partial charge < -0.3 is 0 Å². The Balaban J connectivity index is 3.53. The van der Waals surface area contributed by atoms with Gasteiger partial charge in [-0.3, -0.25) is 0 Å². The first-order valence-corrected chi connectivity index (χ1v) is 4.55. The standard InChI is InChI=1S/C11H10N4/c1-8-9(2,3)11(6-14,7-15)10(8,4-12)5-13/h8H,1-3H3. The lowest BCUT2D eigenvalue weighted by Gasteiger charge is -2.60. The summed E-state index contributed by atoms with van der Waals surface area (Å²) in [5, 5.41) is 36.4. The molecule has 0 heterocycles. The van der Waals surface area contributed by atoms with E-state index in [1.807, 2.05) is 24.3 Å². The van der Waals surface area contributed by atoms with Gasteiger partial charge in [-0.1, -0.05) is 20.8 Å². The maximum atomic E-state index is 9.11. The summed E-state index contributed by atoms with van der Waals surface area (Å²) in [5.74, 6) is -0.292. The number of hydrogen-bond acceptors (Lipinski definition) is 4. The Morgan fingerprint density at radius 1 is 0.867 bits per heavy atom. The highest BCUT2D eigenvalue weighted by Crippen LogP contribution is 2.70. The molecule has 0 aromatic carbocycles. The van der Waals surface area contributed by atoms with Gasteiger partial charge in [-0.25, -0.2) is 0 Å². The smallest absolute Gasteiger partial charge is 0.181 e. The van der Waals surface area contributed by atoms with Crippen LogP contribution in [0.2, 0.25) is 0 Å². The largest absolute Gasteiger partial charge is 0.196 e. The highest BCUT2D eigenvalue weighted by Gasteiger charge is 2.78. The number of rotatable bonds is 0. The van der Waals surface area contributed by atoms with Crippen molar-refractivity contribution >= 4 is 0 Å². The summed E-state index contributed by atoms with van der Waals surface area (Å²) >= 11 is 0. The van der Waals surface area contributed by atoms with Crippen molar-refractivity contribution in [2.24, 2.45) is 22.2 Å². The molecule has 1 rings (SSSR count). The van der Waals surface area contributed by atoms with E-state index in [4.69, 9.17) is 21.0 Å². The lowest BCUT2D eigenvalue weighted by atomic mass is 9.34. The molecule has 1 atom stereocenters. The minimum absolute atomic E-state index is 0.292. The highest BCUT2D eigenvalue weighted by atomic mass is 14.8. The van der Waals surface area contributed by atoms with Crippen LogP contribution in [0.4, 0.5) is 0 Å². The van der Waals surface area contributed by atoms with Gasteiger partial charge in [0, 0.05) is 5.41 Å². The molecule has 0 aromatic heterocycles. The Bertz CT molecular complexity index is 433. The Morgan fingerprint density at radius 2 is 1.27 bits per heavy atom. The van der Waals surface area contributed by atoms with Gasteiger partial charge in [0.2, 0.25) is 0 Å². The molecule has 1 aliphatic carbocycles. The molecular formula is C11H10N4. The van der Waals surface area contributed by atoms with Crippen LogP contribution in [0.1, 0.15) is 20.8 Å². The molecule has 4 heteroatoms. The fraction of sp³-hybridized carbons (Fsp3) is 0.636. The van der Waals surface area contributed by atoms with E-state index in [0.29, 0.717) is 0 Å². The van der Waals surface area contributed by atoms with E-state index < -0.39 is 16.2 Å². The average molecular weight is 198 g/mol. The SMILES string of the molecule is CC1C(C)(C)C(C#N)(C#N)C1(C#N)C#N. The van der Waals surface area contributed by atoms with Crippen molar-refractivity contribution < 1.29 is 0 Å². The normalized spacial score (nSPS) is 28.3. The fourth-order valence-electron chi connectivity index (χ4n) is 2.50. The van der Waals surface area contributed by atoms with Crippen LogP contribution in [0.25, 0.3) is 0 Å². The van der Waals surface area contributed by atoms with Gasteiger partial charge >= 0.3 is 0 Å². The van der Waals surface area contributed by atoms with Gasteiger partial charge in [-0.2, -0.15) is 21.0 Å². The molecular weight excluding hydrogens is 188 g/mol. The first-order valence-electron chi connectivity index (χ1n) is 4.55. The summed E-state index contributed by atoms with van der Waals surface area (Å²) < 4.78 is 0. The average Bonchev–Trinajstić information content (AvgIpc) is 2.24. The van der Waals surface area contributed by atoms with Gasteiger partial charge in [0.05, 0.1) is 24.3 Å². The molecule has 0 aliphatic heterocycles. The molecule has 1 aliphatic rings. The Morgan fingerprint density at radius 3 is 1.47 bits per heavy atom. The van der Waals surface area contributed by atoms with E-state index in [2.05, 4.69) is 0 Å². The third-order valence-electron chi connectivity index (χ3n) is 3.98. The maximum Gasteiger partial charge on any atom is 0.181 e. The molecule has 74 valence electrons. The van der Waals surface area contributed by atoms with E-state index in [-0.39, 0.29) is 5.92 Å². The van der Waals surface area contributed by atoms with Crippen molar-refractivity contribution in [3.8, 4) is 24.3 Å². The van der Waals surface area contributed by atoms with Crippen LogP contribution in [0.3, 0.4) is 0 Å². The van der Waals surface area contributed by atoms with E-state index in [9.17, 15) is 0 Å². The zero-order valence-corrected chi connectivity index (χ0v) is 8.87. The molecule has 1 fully saturated rings. The van der Waals surface area contributed by atoms with E-state index >= 15 is 0 Å². The zero-order chi connectivity index (χ0) is 11.9. The first-order chi connectivity index (χ1) is 6.90. The van der Waals surface area contributed by atoms with Crippen molar-refractivity contribution in [3.05, 3.63) is 0 Å². The van der Waals surface area contributed by atoms with Crippen molar-refractivity contribution in [1.29, 1.82) is 21.0 Å². The summed E-state index contributed by atoms with van der Waals surface area (Å²) in [5.41, 5.74) is -3.66. The van der Waals surface area contributed by atoms with Crippen LogP contribution >= 0.6 is 0 Å². The monoisotopic (exact) mass is 198 g/mol. The van der Waals surface area contributed by atoms with Gasteiger partial charge in [0.15, 0.2) is 10.8 Å². The van der Waals surface area contributed by atoms with Crippen LogP contribution in [0.15, 0.2) is 0 Å².